The first kappa shape index (κ1) is 13.2. The van der Waals surface area contributed by atoms with E-state index in [1.165, 1.54) is 6.33 Å². The van der Waals surface area contributed by atoms with Crippen LogP contribution >= 0.6 is 11.6 Å². The quantitative estimate of drug-likeness (QED) is 0.754. The molecule has 0 bridgehead atoms. The molecule has 0 saturated heterocycles. The van der Waals surface area contributed by atoms with Crippen molar-refractivity contribution in [2.24, 2.45) is 0 Å². The predicted octanol–water partition coefficient (Wildman–Crippen LogP) is 0.884. The highest BCUT2D eigenvalue weighted by Crippen LogP contribution is 2.21. The third-order valence-corrected chi connectivity index (χ3v) is 2.61. The maximum absolute atomic E-state index is 9.00. The van der Waals surface area contributed by atoms with Crippen LogP contribution in [0.4, 0.5) is 5.82 Å². The Balaban J connectivity index is 2.86. The molecule has 1 heterocycles. The van der Waals surface area contributed by atoms with E-state index >= 15 is 0 Å². The van der Waals surface area contributed by atoms with Gasteiger partial charge in [0.15, 0.2) is 0 Å². The van der Waals surface area contributed by atoms with Gasteiger partial charge in [-0.15, -0.1) is 0 Å². The maximum atomic E-state index is 9.00. The van der Waals surface area contributed by atoms with E-state index in [-0.39, 0.29) is 6.61 Å². The zero-order valence-corrected chi connectivity index (χ0v) is 10.2. The smallest absolute Gasteiger partial charge is 0.137 e. The number of rotatable bonds is 6. The van der Waals surface area contributed by atoms with Gasteiger partial charge in [-0.3, -0.25) is 0 Å². The highest BCUT2D eigenvalue weighted by atomic mass is 35.5. The summed E-state index contributed by atoms with van der Waals surface area (Å²) < 4.78 is 5.01. The number of halogens is 1. The first-order valence-corrected chi connectivity index (χ1v) is 5.40. The number of hydrogen-bond donors (Lipinski definition) is 1. The molecule has 0 aliphatic rings. The number of anilines is 1. The first-order valence-electron chi connectivity index (χ1n) is 5.02. The number of ether oxygens (including phenoxy) is 1. The topological polar surface area (TPSA) is 58.5 Å². The molecule has 0 fully saturated rings. The third kappa shape index (κ3) is 3.30. The molecule has 1 aromatic rings. The van der Waals surface area contributed by atoms with Gasteiger partial charge in [0, 0.05) is 25.8 Å². The number of aliphatic hydroxyl groups is 1. The van der Waals surface area contributed by atoms with E-state index in [2.05, 4.69) is 9.97 Å². The minimum atomic E-state index is 0.0603. The standard InChI is InChI=1S/C10H16ClN3O2/c1-8-9(11)12-7-13-10(8)14(3-5-15)4-6-16-2/h7,15H,3-6H2,1-2H3. The van der Waals surface area contributed by atoms with Crippen molar-refractivity contribution in [3.05, 3.63) is 17.0 Å². The molecule has 6 heteroatoms. The van der Waals surface area contributed by atoms with Crippen LogP contribution in [0.15, 0.2) is 6.33 Å². The van der Waals surface area contributed by atoms with Crippen LogP contribution in [0.2, 0.25) is 5.15 Å². The molecular weight excluding hydrogens is 230 g/mol. The van der Waals surface area contributed by atoms with Gasteiger partial charge in [0.1, 0.15) is 17.3 Å². The zero-order valence-electron chi connectivity index (χ0n) is 9.48. The highest BCUT2D eigenvalue weighted by Gasteiger charge is 2.12. The number of methoxy groups -OCH3 is 1. The van der Waals surface area contributed by atoms with Gasteiger partial charge < -0.3 is 14.7 Å². The largest absolute Gasteiger partial charge is 0.395 e. The van der Waals surface area contributed by atoms with Crippen LogP contribution < -0.4 is 4.90 Å². The summed E-state index contributed by atoms with van der Waals surface area (Å²) in [5.74, 6) is 0.742. The normalized spacial score (nSPS) is 10.5. The monoisotopic (exact) mass is 245 g/mol. The van der Waals surface area contributed by atoms with Crippen molar-refractivity contribution in [2.75, 3.05) is 38.3 Å². The van der Waals surface area contributed by atoms with Gasteiger partial charge in [-0.1, -0.05) is 11.6 Å². The Labute approximate surface area is 100 Å². The summed E-state index contributed by atoms with van der Waals surface area (Å²) in [6.45, 7) is 3.64. The summed E-state index contributed by atoms with van der Waals surface area (Å²) in [6.07, 6.45) is 1.42. The molecule has 0 aliphatic carbocycles. The lowest BCUT2D eigenvalue weighted by Gasteiger charge is -2.23. The minimum absolute atomic E-state index is 0.0603. The third-order valence-electron chi connectivity index (χ3n) is 2.23. The fraction of sp³-hybridized carbons (Fsp3) is 0.600. The van der Waals surface area contributed by atoms with Gasteiger partial charge >= 0.3 is 0 Å². The summed E-state index contributed by atoms with van der Waals surface area (Å²) in [5.41, 5.74) is 0.814. The van der Waals surface area contributed by atoms with Gasteiger partial charge in [-0.2, -0.15) is 0 Å². The molecule has 90 valence electrons. The maximum Gasteiger partial charge on any atom is 0.137 e. The van der Waals surface area contributed by atoms with Crippen LogP contribution in [0.25, 0.3) is 0 Å². The molecule has 0 saturated carbocycles. The van der Waals surface area contributed by atoms with E-state index < -0.39 is 0 Å². The van der Waals surface area contributed by atoms with E-state index in [0.717, 1.165) is 11.4 Å². The van der Waals surface area contributed by atoms with E-state index in [4.69, 9.17) is 21.4 Å². The summed E-state index contributed by atoms with van der Waals surface area (Å²) >= 11 is 5.92. The fourth-order valence-electron chi connectivity index (χ4n) is 1.38. The van der Waals surface area contributed by atoms with Crippen molar-refractivity contribution in [1.82, 2.24) is 9.97 Å². The number of aromatic nitrogens is 2. The molecular formula is C10H16ClN3O2. The van der Waals surface area contributed by atoms with E-state index in [1.54, 1.807) is 7.11 Å². The fourth-order valence-corrected chi connectivity index (χ4v) is 1.51. The molecule has 1 aromatic heterocycles. The molecule has 16 heavy (non-hydrogen) atoms. The van der Waals surface area contributed by atoms with Crippen LogP contribution in [-0.2, 0) is 4.74 Å². The van der Waals surface area contributed by atoms with Crippen LogP contribution in [0.5, 0.6) is 0 Å². The molecule has 0 spiro atoms. The predicted molar refractivity (Wildman–Crippen MR) is 63.0 cm³/mol. The van der Waals surface area contributed by atoms with Crippen molar-refractivity contribution >= 4 is 17.4 Å². The van der Waals surface area contributed by atoms with Crippen molar-refractivity contribution in [3.63, 3.8) is 0 Å². The van der Waals surface area contributed by atoms with Gasteiger partial charge in [0.05, 0.1) is 13.2 Å². The van der Waals surface area contributed by atoms with E-state index in [9.17, 15) is 0 Å². The Kier molecular flexibility index (Phi) is 5.45. The molecule has 0 aromatic carbocycles. The Hall–Kier alpha value is -0.910. The molecule has 5 nitrogen and oxygen atoms in total. The van der Waals surface area contributed by atoms with Crippen molar-refractivity contribution in [1.29, 1.82) is 0 Å². The Morgan fingerprint density at radius 3 is 2.81 bits per heavy atom. The summed E-state index contributed by atoms with van der Waals surface area (Å²) in [6, 6.07) is 0. The van der Waals surface area contributed by atoms with Crippen molar-refractivity contribution in [3.8, 4) is 0 Å². The average Bonchev–Trinajstić information content (AvgIpc) is 2.28. The van der Waals surface area contributed by atoms with Gasteiger partial charge in [0.2, 0.25) is 0 Å². The van der Waals surface area contributed by atoms with Gasteiger partial charge in [0.25, 0.3) is 0 Å². The second-order valence-electron chi connectivity index (χ2n) is 3.32. The lowest BCUT2D eigenvalue weighted by Crippen LogP contribution is -2.31. The SMILES string of the molecule is COCCN(CCO)c1ncnc(Cl)c1C. The molecule has 0 atom stereocenters. The molecule has 0 radical (unpaired) electrons. The van der Waals surface area contributed by atoms with E-state index in [1.807, 2.05) is 11.8 Å². The molecule has 0 unspecified atom stereocenters. The number of nitrogens with zero attached hydrogens (tertiary/aromatic N) is 3. The molecule has 1 N–H and O–H groups in total. The number of aliphatic hydroxyl groups excluding tert-OH is 1. The van der Waals surface area contributed by atoms with Gasteiger partial charge in [-0.05, 0) is 6.92 Å². The molecule has 0 aliphatic heterocycles. The van der Waals surface area contributed by atoms with Gasteiger partial charge in [-0.25, -0.2) is 9.97 Å². The average molecular weight is 246 g/mol. The first-order chi connectivity index (χ1) is 7.70. The lowest BCUT2D eigenvalue weighted by atomic mass is 10.3. The Morgan fingerprint density at radius 1 is 1.44 bits per heavy atom. The second-order valence-corrected chi connectivity index (χ2v) is 3.67. The summed E-state index contributed by atoms with van der Waals surface area (Å²) in [7, 11) is 1.64. The van der Waals surface area contributed by atoms with Crippen LogP contribution in [0, 0.1) is 6.92 Å². The van der Waals surface area contributed by atoms with Crippen molar-refractivity contribution < 1.29 is 9.84 Å². The Morgan fingerprint density at radius 2 is 2.19 bits per heavy atom. The lowest BCUT2D eigenvalue weighted by molar-refractivity contribution is 0.202. The van der Waals surface area contributed by atoms with Crippen molar-refractivity contribution in [2.45, 2.75) is 6.92 Å². The zero-order chi connectivity index (χ0) is 12.0. The minimum Gasteiger partial charge on any atom is -0.395 e. The summed E-state index contributed by atoms with van der Waals surface area (Å²) in [5, 5.41) is 9.43. The Bertz CT molecular complexity index is 336. The van der Waals surface area contributed by atoms with Crippen LogP contribution in [-0.4, -0.2) is 48.5 Å². The van der Waals surface area contributed by atoms with E-state index in [0.29, 0.717) is 24.8 Å². The van der Waals surface area contributed by atoms with Crippen LogP contribution in [0.3, 0.4) is 0 Å². The molecule has 1 rings (SSSR count). The highest BCUT2D eigenvalue weighted by molar-refractivity contribution is 6.30. The molecule has 0 amide bonds. The second kappa shape index (κ2) is 6.62. The summed E-state index contributed by atoms with van der Waals surface area (Å²) in [4.78, 5) is 9.99. The van der Waals surface area contributed by atoms with Crippen LogP contribution in [0.1, 0.15) is 5.56 Å². The number of hydrogen-bond acceptors (Lipinski definition) is 5.